The van der Waals surface area contributed by atoms with E-state index in [-0.39, 0.29) is 52.4 Å². The molecule has 0 aliphatic carbocycles. The number of methoxy groups -OCH3 is 2. The number of aliphatic hydroxyl groups excluding tert-OH is 4. The number of nitrogens with one attached hydrogen (secondary N) is 2. The van der Waals surface area contributed by atoms with E-state index in [4.69, 9.17) is 29.2 Å². The number of ether oxygens (including phenoxy) is 4. The van der Waals surface area contributed by atoms with Gasteiger partial charge < -0.3 is 57.4 Å². The summed E-state index contributed by atoms with van der Waals surface area (Å²) in [6, 6.07) is -0.300. The number of rotatable bonds is 8. The Morgan fingerprint density at radius 3 is 1.28 bits per heavy atom. The van der Waals surface area contributed by atoms with Crippen LogP contribution in [-0.4, -0.2) is 122 Å². The molecule has 10 unspecified atom stereocenters. The van der Waals surface area contributed by atoms with Crippen LogP contribution in [0.2, 0.25) is 0 Å². The topological polar surface area (TPSA) is 142 Å². The van der Waals surface area contributed by atoms with Gasteiger partial charge in [0.05, 0.1) is 37.5 Å². The molecule has 0 amide bonds. The highest BCUT2D eigenvalue weighted by atomic mass is 16.6. The molecule has 2 rings (SSSR count). The first-order valence-corrected chi connectivity index (χ1v) is 10.7. The van der Waals surface area contributed by atoms with Crippen molar-refractivity contribution in [2.75, 3.05) is 40.5 Å². The third-order valence-corrected chi connectivity index (χ3v) is 5.72. The second-order valence-electron chi connectivity index (χ2n) is 7.67. The van der Waals surface area contributed by atoms with Crippen LogP contribution in [0.25, 0.3) is 0 Å². The number of aliphatic hydroxyl groups is 4. The predicted octanol–water partition coefficient (Wildman–Crippen LogP) is -0.859. The van der Waals surface area contributed by atoms with Crippen LogP contribution in [0.5, 0.6) is 0 Å². The van der Waals surface area contributed by atoms with E-state index in [1.165, 1.54) is 14.2 Å². The standard InChI is InChI=1S/2C10H21NO4.2CH3/c2*1-4-11-8-6(2)15-7(5-12)10(14-3)9(8)13;;/h2*6-13H,4-5H2,1-3H3;2*1H3/q;;-1;+1. The molecule has 0 aromatic rings. The molecule has 32 heavy (non-hydrogen) atoms. The van der Waals surface area contributed by atoms with Crippen LogP contribution in [-0.2, 0) is 18.9 Å². The Balaban J connectivity index is 0. The van der Waals surface area contributed by atoms with Crippen molar-refractivity contribution in [1.82, 2.24) is 10.6 Å². The van der Waals surface area contributed by atoms with Crippen LogP contribution in [0.1, 0.15) is 27.7 Å². The molecule has 2 heterocycles. The minimum atomic E-state index is -0.657. The summed E-state index contributed by atoms with van der Waals surface area (Å²) < 4.78 is 21.5. The van der Waals surface area contributed by atoms with Gasteiger partial charge in [0.1, 0.15) is 36.6 Å². The van der Waals surface area contributed by atoms with Crippen LogP contribution >= 0.6 is 0 Å². The maximum Gasteiger partial charge on any atom is 0.113 e. The van der Waals surface area contributed by atoms with Gasteiger partial charge >= 0.3 is 0 Å². The van der Waals surface area contributed by atoms with Crippen molar-refractivity contribution in [2.45, 2.75) is 88.6 Å². The first-order valence-electron chi connectivity index (χ1n) is 10.7. The molecule has 0 bridgehead atoms. The third kappa shape index (κ3) is 8.35. The largest absolute Gasteiger partial charge is 0.394 e. The van der Waals surface area contributed by atoms with Gasteiger partial charge in [0.15, 0.2) is 0 Å². The van der Waals surface area contributed by atoms with E-state index in [0.29, 0.717) is 0 Å². The average molecular weight is 469 g/mol. The Bertz CT molecular complexity index is 418. The zero-order valence-corrected chi connectivity index (χ0v) is 21.0. The summed E-state index contributed by atoms with van der Waals surface area (Å²) in [5.74, 6) is 0. The molecule has 2 saturated heterocycles. The second-order valence-corrected chi connectivity index (χ2v) is 7.67. The predicted molar refractivity (Wildman–Crippen MR) is 124 cm³/mol. The van der Waals surface area contributed by atoms with Crippen LogP contribution in [0.3, 0.4) is 0 Å². The maximum absolute atomic E-state index is 10.1. The minimum absolute atomic E-state index is 0. The molecule has 0 saturated carbocycles. The van der Waals surface area contributed by atoms with Crippen molar-refractivity contribution in [3.05, 3.63) is 14.9 Å². The molecule has 10 nitrogen and oxygen atoms in total. The van der Waals surface area contributed by atoms with E-state index in [0.717, 1.165) is 13.1 Å². The van der Waals surface area contributed by atoms with Gasteiger partial charge in [-0.15, -0.1) is 0 Å². The minimum Gasteiger partial charge on any atom is -0.394 e. The van der Waals surface area contributed by atoms with E-state index in [2.05, 4.69) is 10.6 Å². The average Bonchev–Trinajstić information content (AvgIpc) is 2.73. The first-order chi connectivity index (χ1) is 14.3. The smallest absolute Gasteiger partial charge is 0.113 e. The molecule has 0 aromatic heterocycles. The lowest BCUT2D eigenvalue weighted by Gasteiger charge is -2.43. The summed E-state index contributed by atoms with van der Waals surface area (Å²) in [7, 11) is 3.03. The molecular weight excluding hydrogens is 420 g/mol. The Labute approximate surface area is 194 Å². The van der Waals surface area contributed by atoms with Crippen molar-refractivity contribution < 1.29 is 39.4 Å². The molecule has 194 valence electrons. The van der Waals surface area contributed by atoms with Gasteiger partial charge in [-0.1, -0.05) is 13.8 Å². The van der Waals surface area contributed by atoms with Crippen molar-refractivity contribution in [2.24, 2.45) is 0 Å². The lowest BCUT2D eigenvalue weighted by molar-refractivity contribution is -0.198. The maximum atomic E-state index is 10.1. The van der Waals surface area contributed by atoms with E-state index >= 15 is 0 Å². The Morgan fingerprint density at radius 1 is 0.750 bits per heavy atom. The monoisotopic (exact) mass is 468 g/mol. The SMILES string of the molecule is CCNC1C(C)OC(CO)C(OC)C1O.CCNC1C(C)OC(CO)C(OC)C1O.[CH3+].[CH3-]. The highest BCUT2D eigenvalue weighted by Crippen LogP contribution is 2.23. The van der Waals surface area contributed by atoms with Crippen LogP contribution in [0.15, 0.2) is 0 Å². The molecule has 0 radical (unpaired) electrons. The van der Waals surface area contributed by atoms with Crippen LogP contribution in [0.4, 0.5) is 0 Å². The summed E-state index contributed by atoms with van der Waals surface area (Å²) in [5.41, 5.74) is 0. The Morgan fingerprint density at radius 2 is 1.06 bits per heavy atom. The van der Waals surface area contributed by atoms with Crippen molar-refractivity contribution in [3.8, 4) is 0 Å². The van der Waals surface area contributed by atoms with Crippen LogP contribution in [0, 0.1) is 14.9 Å². The summed E-state index contributed by atoms with van der Waals surface area (Å²) in [4.78, 5) is 0. The fourth-order valence-corrected chi connectivity index (χ4v) is 4.20. The molecule has 2 aliphatic heterocycles. The molecule has 10 atom stereocenters. The number of likely N-dealkylation sites (N-methyl/N-ethyl adjacent to an activating group) is 2. The highest BCUT2D eigenvalue weighted by Gasteiger charge is 2.43. The normalized spacial score (nSPS) is 39.2. The Kier molecular flexibility index (Phi) is 17.9. The van der Waals surface area contributed by atoms with Gasteiger partial charge in [-0.25, -0.2) is 0 Å². The highest BCUT2D eigenvalue weighted by molar-refractivity contribution is 4.96. The fraction of sp³-hybridized carbons (Fsp3) is 0.909. The van der Waals surface area contributed by atoms with Crippen molar-refractivity contribution >= 4 is 0 Å². The Hall–Kier alpha value is -0.530. The van der Waals surface area contributed by atoms with E-state index < -0.39 is 36.6 Å². The summed E-state index contributed by atoms with van der Waals surface area (Å²) in [6.07, 6.45) is -3.44. The second kappa shape index (κ2) is 17.0. The molecule has 2 aliphatic rings. The summed E-state index contributed by atoms with van der Waals surface area (Å²) in [6.45, 7) is 8.94. The van der Waals surface area contributed by atoms with E-state index in [1.54, 1.807) is 0 Å². The molecule has 2 fully saturated rings. The lowest BCUT2D eigenvalue weighted by Crippen LogP contribution is -2.62. The van der Waals surface area contributed by atoms with Gasteiger partial charge in [-0.2, -0.15) is 0 Å². The molecule has 0 aromatic carbocycles. The van der Waals surface area contributed by atoms with E-state index in [9.17, 15) is 10.2 Å². The summed E-state index contributed by atoms with van der Waals surface area (Å²) >= 11 is 0. The molecule has 10 heteroatoms. The molecule has 0 spiro atoms. The number of hydrogen-bond acceptors (Lipinski definition) is 10. The lowest BCUT2D eigenvalue weighted by atomic mass is 9.93. The van der Waals surface area contributed by atoms with Gasteiger partial charge in [-0.05, 0) is 26.9 Å². The zero-order valence-electron chi connectivity index (χ0n) is 21.0. The molecule has 6 N–H and O–H groups in total. The van der Waals surface area contributed by atoms with Crippen molar-refractivity contribution in [3.63, 3.8) is 0 Å². The van der Waals surface area contributed by atoms with Crippen molar-refractivity contribution in [1.29, 1.82) is 0 Å². The zero-order chi connectivity index (χ0) is 22.8. The van der Waals surface area contributed by atoms with Gasteiger partial charge in [0, 0.05) is 21.6 Å². The van der Waals surface area contributed by atoms with Gasteiger partial charge in [0.25, 0.3) is 0 Å². The van der Waals surface area contributed by atoms with E-state index in [1.807, 2.05) is 27.7 Å². The quantitative estimate of drug-likeness (QED) is 0.249. The van der Waals surface area contributed by atoms with Gasteiger partial charge in [0.2, 0.25) is 0 Å². The third-order valence-electron chi connectivity index (χ3n) is 5.72. The number of hydrogen-bond donors (Lipinski definition) is 6. The molecular formula is C22H48N2O8. The summed E-state index contributed by atoms with van der Waals surface area (Å²) in [5, 5.41) is 44.6. The van der Waals surface area contributed by atoms with Gasteiger partial charge in [-0.3, -0.25) is 0 Å². The van der Waals surface area contributed by atoms with Crippen LogP contribution < -0.4 is 10.6 Å². The fourth-order valence-electron chi connectivity index (χ4n) is 4.20. The first kappa shape index (κ1) is 33.6.